The molecule has 0 radical (unpaired) electrons. The minimum absolute atomic E-state index is 1.30. The van der Waals surface area contributed by atoms with Gasteiger partial charge in [-0.1, -0.05) is 48.5 Å². The molecule has 21 heavy (non-hydrogen) atoms. The summed E-state index contributed by atoms with van der Waals surface area (Å²) in [5.74, 6) is 0. The lowest BCUT2D eigenvalue weighted by Crippen LogP contribution is -1.83. The fourth-order valence-corrected chi connectivity index (χ4v) is 3.97. The van der Waals surface area contributed by atoms with Gasteiger partial charge in [0.15, 0.2) is 0 Å². The fraction of sp³-hybridized carbons (Fsp3) is 0.100. The summed E-state index contributed by atoms with van der Waals surface area (Å²) < 4.78 is 2.73. The van der Waals surface area contributed by atoms with Gasteiger partial charge < -0.3 is 0 Å². The molecule has 4 rings (SSSR count). The zero-order valence-electron chi connectivity index (χ0n) is 12.2. The number of hydrogen-bond donors (Lipinski definition) is 0. The lowest BCUT2D eigenvalue weighted by Gasteiger charge is -2.06. The van der Waals surface area contributed by atoms with E-state index in [0.717, 1.165) is 0 Å². The van der Waals surface area contributed by atoms with E-state index < -0.39 is 0 Å². The van der Waals surface area contributed by atoms with Crippen molar-refractivity contribution in [3.63, 3.8) is 0 Å². The first-order valence-electron chi connectivity index (χ1n) is 7.21. The molecule has 102 valence electrons. The molecule has 0 spiro atoms. The average molecular weight is 288 g/mol. The molecule has 0 N–H and O–H groups in total. The number of rotatable bonds is 1. The summed E-state index contributed by atoms with van der Waals surface area (Å²) >= 11 is 1.88. The Morgan fingerprint density at radius 3 is 2.19 bits per heavy atom. The summed E-state index contributed by atoms with van der Waals surface area (Å²) in [5, 5.41) is 2.73. The van der Waals surface area contributed by atoms with Crippen molar-refractivity contribution in [1.82, 2.24) is 0 Å². The number of thiophene rings is 1. The van der Waals surface area contributed by atoms with Crippen molar-refractivity contribution in [1.29, 1.82) is 0 Å². The van der Waals surface area contributed by atoms with Gasteiger partial charge in [0.25, 0.3) is 0 Å². The van der Waals surface area contributed by atoms with Crippen LogP contribution in [0.5, 0.6) is 0 Å². The SMILES string of the molecule is Cc1ccc(-c2ccc3c(c2)sc2ccccc23)cc1C. The largest absolute Gasteiger partial charge is 0.135 e. The van der Waals surface area contributed by atoms with Crippen molar-refractivity contribution in [3.05, 3.63) is 71.8 Å². The van der Waals surface area contributed by atoms with Crippen LogP contribution in [0.3, 0.4) is 0 Å². The van der Waals surface area contributed by atoms with Gasteiger partial charge >= 0.3 is 0 Å². The van der Waals surface area contributed by atoms with Crippen LogP contribution in [0, 0.1) is 13.8 Å². The van der Waals surface area contributed by atoms with E-state index in [-0.39, 0.29) is 0 Å². The van der Waals surface area contributed by atoms with Gasteiger partial charge in [0.1, 0.15) is 0 Å². The molecule has 1 heterocycles. The Balaban J connectivity index is 1.94. The normalized spacial score (nSPS) is 11.3. The Kier molecular flexibility index (Phi) is 2.83. The van der Waals surface area contributed by atoms with Crippen molar-refractivity contribution in [2.75, 3.05) is 0 Å². The summed E-state index contributed by atoms with van der Waals surface area (Å²) in [7, 11) is 0. The Labute approximate surface area is 128 Å². The molecular weight excluding hydrogens is 272 g/mol. The zero-order valence-corrected chi connectivity index (χ0v) is 13.0. The summed E-state index contributed by atoms with van der Waals surface area (Å²) in [6, 6.07) is 22.2. The van der Waals surface area contributed by atoms with Gasteiger partial charge in [0, 0.05) is 20.2 Å². The molecule has 0 unspecified atom stereocenters. The number of hydrogen-bond acceptors (Lipinski definition) is 1. The van der Waals surface area contributed by atoms with Crippen LogP contribution in [0.25, 0.3) is 31.3 Å². The number of benzene rings is 3. The molecule has 0 atom stereocenters. The van der Waals surface area contributed by atoms with Crippen molar-refractivity contribution < 1.29 is 0 Å². The maximum Gasteiger partial charge on any atom is 0.0361 e. The van der Waals surface area contributed by atoms with Crippen LogP contribution in [-0.2, 0) is 0 Å². The predicted octanol–water partition coefficient (Wildman–Crippen LogP) is 6.34. The number of fused-ring (bicyclic) bond motifs is 3. The molecule has 0 aliphatic heterocycles. The van der Waals surface area contributed by atoms with Crippen LogP contribution in [0.2, 0.25) is 0 Å². The van der Waals surface area contributed by atoms with Crippen LogP contribution < -0.4 is 0 Å². The third kappa shape index (κ3) is 2.05. The summed E-state index contributed by atoms with van der Waals surface area (Å²) in [6.07, 6.45) is 0. The van der Waals surface area contributed by atoms with Crippen LogP contribution in [0.1, 0.15) is 11.1 Å². The topological polar surface area (TPSA) is 0 Å². The quantitative estimate of drug-likeness (QED) is 0.383. The molecule has 4 aromatic rings. The summed E-state index contributed by atoms with van der Waals surface area (Å²) in [4.78, 5) is 0. The molecule has 0 amide bonds. The highest BCUT2D eigenvalue weighted by atomic mass is 32.1. The molecule has 0 fully saturated rings. The second-order valence-electron chi connectivity index (χ2n) is 5.61. The molecule has 0 aliphatic rings. The van der Waals surface area contributed by atoms with Gasteiger partial charge in [-0.15, -0.1) is 11.3 Å². The smallest absolute Gasteiger partial charge is 0.0361 e. The van der Waals surface area contributed by atoms with Gasteiger partial charge in [-0.25, -0.2) is 0 Å². The van der Waals surface area contributed by atoms with E-state index in [0.29, 0.717) is 0 Å². The van der Waals surface area contributed by atoms with E-state index in [9.17, 15) is 0 Å². The lowest BCUT2D eigenvalue weighted by molar-refractivity contribution is 1.34. The monoisotopic (exact) mass is 288 g/mol. The molecule has 1 aromatic heterocycles. The van der Waals surface area contributed by atoms with Crippen molar-refractivity contribution in [2.24, 2.45) is 0 Å². The average Bonchev–Trinajstić information content (AvgIpc) is 2.87. The zero-order chi connectivity index (χ0) is 14.4. The van der Waals surface area contributed by atoms with Gasteiger partial charge in [0.2, 0.25) is 0 Å². The Bertz CT molecular complexity index is 960. The summed E-state index contributed by atoms with van der Waals surface area (Å²) in [5.41, 5.74) is 5.31. The second-order valence-corrected chi connectivity index (χ2v) is 6.69. The highest BCUT2D eigenvalue weighted by Gasteiger charge is 2.06. The van der Waals surface area contributed by atoms with E-state index in [1.54, 1.807) is 0 Å². The van der Waals surface area contributed by atoms with E-state index in [1.165, 1.54) is 42.4 Å². The first-order chi connectivity index (χ1) is 10.2. The highest BCUT2D eigenvalue weighted by molar-refractivity contribution is 7.25. The van der Waals surface area contributed by atoms with Gasteiger partial charge in [-0.2, -0.15) is 0 Å². The number of aryl methyl sites for hydroxylation is 2. The minimum atomic E-state index is 1.30. The molecule has 0 saturated carbocycles. The Hall–Kier alpha value is -2.12. The third-order valence-electron chi connectivity index (χ3n) is 4.22. The molecule has 0 nitrogen and oxygen atoms in total. The van der Waals surface area contributed by atoms with Gasteiger partial charge in [-0.3, -0.25) is 0 Å². The summed E-state index contributed by atoms with van der Waals surface area (Å²) in [6.45, 7) is 4.34. The minimum Gasteiger partial charge on any atom is -0.135 e. The highest BCUT2D eigenvalue weighted by Crippen LogP contribution is 2.36. The third-order valence-corrected chi connectivity index (χ3v) is 5.35. The van der Waals surface area contributed by atoms with Crippen molar-refractivity contribution in [3.8, 4) is 11.1 Å². The Morgan fingerprint density at radius 1 is 0.619 bits per heavy atom. The first-order valence-corrected chi connectivity index (χ1v) is 8.03. The maximum absolute atomic E-state index is 2.32. The van der Waals surface area contributed by atoms with Crippen molar-refractivity contribution >= 4 is 31.5 Å². The van der Waals surface area contributed by atoms with E-state index in [2.05, 4.69) is 74.5 Å². The Morgan fingerprint density at radius 2 is 1.33 bits per heavy atom. The van der Waals surface area contributed by atoms with Gasteiger partial charge in [0.05, 0.1) is 0 Å². The van der Waals surface area contributed by atoms with Crippen LogP contribution >= 0.6 is 11.3 Å². The van der Waals surface area contributed by atoms with Crippen LogP contribution in [0.15, 0.2) is 60.7 Å². The molecule has 0 aliphatic carbocycles. The molecule has 3 aromatic carbocycles. The van der Waals surface area contributed by atoms with Crippen molar-refractivity contribution in [2.45, 2.75) is 13.8 Å². The maximum atomic E-state index is 2.32. The lowest BCUT2D eigenvalue weighted by atomic mass is 9.99. The molecule has 0 saturated heterocycles. The van der Waals surface area contributed by atoms with Crippen LogP contribution in [-0.4, -0.2) is 0 Å². The molecular formula is C20H16S. The second kappa shape index (κ2) is 4.71. The van der Waals surface area contributed by atoms with Gasteiger partial charge in [-0.05, 0) is 48.2 Å². The predicted molar refractivity (Wildman–Crippen MR) is 94.2 cm³/mol. The standard InChI is InChI=1S/C20H16S/c1-13-7-8-15(11-14(13)2)16-9-10-18-17-5-3-4-6-19(17)21-20(18)12-16/h3-12H,1-2H3. The van der Waals surface area contributed by atoms with E-state index in [4.69, 9.17) is 0 Å². The molecule has 0 bridgehead atoms. The van der Waals surface area contributed by atoms with Crippen LogP contribution in [0.4, 0.5) is 0 Å². The molecule has 1 heteroatoms. The van der Waals surface area contributed by atoms with E-state index >= 15 is 0 Å². The fourth-order valence-electron chi connectivity index (χ4n) is 2.83. The van der Waals surface area contributed by atoms with E-state index in [1.807, 2.05) is 11.3 Å². The first kappa shape index (κ1) is 12.6.